The zero-order valence-corrected chi connectivity index (χ0v) is 21.1. The fraction of sp³-hybridized carbons (Fsp3) is 0.250. The van der Waals surface area contributed by atoms with Crippen LogP contribution < -0.4 is 0 Å². The topological polar surface area (TPSA) is 60.9 Å². The first-order valence-corrected chi connectivity index (χ1v) is 12.3. The number of alkyl halides is 9. The third-order valence-electron chi connectivity index (χ3n) is 5.91. The van der Waals surface area contributed by atoms with Crippen LogP contribution in [0.2, 0.25) is 0 Å². The number of hydrogen-bond acceptors (Lipinski definition) is 5. The Hall–Kier alpha value is -3.82. The molecule has 4 heterocycles. The van der Waals surface area contributed by atoms with Crippen molar-refractivity contribution in [3.63, 3.8) is 0 Å². The molecule has 0 bridgehead atoms. The van der Waals surface area contributed by atoms with Crippen molar-refractivity contribution in [3.8, 4) is 22.6 Å². The number of imidazole rings is 1. The van der Waals surface area contributed by atoms with Crippen molar-refractivity contribution in [2.75, 3.05) is 5.75 Å². The Labute approximate surface area is 222 Å². The molecule has 40 heavy (non-hydrogen) atoms. The summed E-state index contributed by atoms with van der Waals surface area (Å²) in [5.74, 6) is 0.562. The highest BCUT2D eigenvalue weighted by Crippen LogP contribution is 2.41. The quantitative estimate of drug-likeness (QED) is 0.160. The Balaban J connectivity index is 1.78. The first-order chi connectivity index (χ1) is 18.6. The molecule has 5 aromatic rings. The van der Waals surface area contributed by atoms with E-state index in [1.54, 1.807) is 6.92 Å². The zero-order chi connectivity index (χ0) is 29.2. The van der Waals surface area contributed by atoms with Gasteiger partial charge >= 0.3 is 18.5 Å². The van der Waals surface area contributed by atoms with E-state index in [9.17, 15) is 39.5 Å². The number of thioether (sulfide) groups is 1. The van der Waals surface area contributed by atoms with Crippen LogP contribution in [0.1, 0.15) is 23.6 Å². The summed E-state index contributed by atoms with van der Waals surface area (Å²) in [5, 5.41) is 4.67. The normalized spacial score (nSPS) is 13.1. The summed E-state index contributed by atoms with van der Waals surface area (Å²) in [6.45, 7) is 1.78. The molecule has 6 nitrogen and oxygen atoms in total. The Bertz CT molecular complexity index is 1720. The summed E-state index contributed by atoms with van der Waals surface area (Å²) in [6, 6.07) is 3.22. The highest BCUT2D eigenvalue weighted by molar-refractivity contribution is 7.99. The van der Waals surface area contributed by atoms with Gasteiger partial charge in [-0.2, -0.15) is 44.6 Å². The van der Waals surface area contributed by atoms with Gasteiger partial charge < -0.3 is 4.57 Å². The number of aryl methyl sites for hydroxylation is 1. The van der Waals surface area contributed by atoms with Gasteiger partial charge in [0.05, 0.1) is 27.9 Å². The third kappa shape index (κ3) is 4.84. The molecule has 4 aromatic heterocycles. The van der Waals surface area contributed by atoms with Crippen molar-refractivity contribution in [2.24, 2.45) is 7.05 Å². The maximum atomic E-state index is 13.5. The van der Waals surface area contributed by atoms with Gasteiger partial charge in [0.25, 0.3) is 0 Å². The van der Waals surface area contributed by atoms with Gasteiger partial charge in [-0.05, 0) is 36.1 Å². The predicted molar refractivity (Wildman–Crippen MR) is 127 cm³/mol. The Morgan fingerprint density at radius 1 is 0.800 bits per heavy atom. The molecule has 0 saturated heterocycles. The van der Waals surface area contributed by atoms with E-state index in [0.29, 0.717) is 24.1 Å². The molecule has 0 saturated carbocycles. The van der Waals surface area contributed by atoms with Crippen LogP contribution in [0.4, 0.5) is 39.5 Å². The fourth-order valence-electron chi connectivity index (χ4n) is 4.14. The number of nitrogens with zero attached hydrogens (tertiary/aromatic N) is 6. The van der Waals surface area contributed by atoms with Crippen molar-refractivity contribution in [2.45, 2.75) is 30.5 Å². The summed E-state index contributed by atoms with van der Waals surface area (Å²) in [6.07, 6.45) is -12.9. The average molecular weight is 590 g/mol. The molecule has 0 atom stereocenters. The summed E-state index contributed by atoms with van der Waals surface area (Å²) in [4.78, 5) is 12.4. The van der Waals surface area contributed by atoms with Crippen LogP contribution in [0.25, 0.3) is 39.5 Å². The monoisotopic (exact) mass is 590 g/mol. The number of aromatic nitrogens is 6. The van der Waals surface area contributed by atoms with Crippen molar-refractivity contribution in [1.82, 2.24) is 29.1 Å². The molecule has 0 spiro atoms. The van der Waals surface area contributed by atoms with Gasteiger partial charge in [0.15, 0.2) is 11.3 Å². The van der Waals surface area contributed by atoms with Crippen LogP contribution in [-0.4, -0.2) is 34.9 Å². The average Bonchev–Trinajstić information content (AvgIpc) is 3.38. The Morgan fingerprint density at radius 3 is 2.00 bits per heavy atom. The van der Waals surface area contributed by atoms with Crippen LogP contribution in [0.3, 0.4) is 0 Å². The number of rotatable bonds is 4. The number of hydrogen-bond donors (Lipinski definition) is 0. The van der Waals surface area contributed by atoms with E-state index in [-0.39, 0.29) is 45.0 Å². The van der Waals surface area contributed by atoms with E-state index in [1.165, 1.54) is 35.6 Å². The smallest absolute Gasteiger partial charge is 0.312 e. The minimum Gasteiger partial charge on any atom is -0.312 e. The SMILES string of the molecule is CCSc1nn2c(-c3cc(C(F)(F)F)cc(C(F)(F)F)c3)ccnc2c1-c1nc2cc(C(F)(F)F)cnc2n1C. The van der Waals surface area contributed by atoms with E-state index in [1.807, 2.05) is 0 Å². The summed E-state index contributed by atoms with van der Waals surface area (Å²) < 4.78 is 123. The standard InChI is InChI=1S/C24H15F9N6S/c1-3-40-21-17(20-36-15-9-14(24(31,32)33)10-35-18(15)38(20)2)19-34-5-4-16(39(19)37-21)11-6-12(22(25,26)27)8-13(7-11)23(28,29)30/h4-10H,3H2,1-2H3. The minimum atomic E-state index is -5.06. The van der Waals surface area contributed by atoms with Gasteiger partial charge in [-0.3, -0.25) is 0 Å². The van der Waals surface area contributed by atoms with Gasteiger partial charge in [-0.1, -0.05) is 6.92 Å². The molecule has 0 radical (unpaired) electrons. The number of pyridine rings is 1. The lowest BCUT2D eigenvalue weighted by molar-refractivity contribution is -0.143. The molecule has 0 aliphatic carbocycles. The van der Waals surface area contributed by atoms with Crippen molar-refractivity contribution in [3.05, 3.63) is 59.4 Å². The van der Waals surface area contributed by atoms with Crippen LogP contribution >= 0.6 is 11.8 Å². The van der Waals surface area contributed by atoms with Crippen molar-refractivity contribution >= 4 is 28.6 Å². The van der Waals surface area contributed by atoms with Crippen LogP contribution in [0, 0.1) is 0 Å². The molecular formula is C24H15F9N6S. The van der Waals surface area contributed by atoms with Gasteiger partial charge in [0.1, 0.15) is 16.4 Å². The largest absolute Gasteiger partial charge is 0.417 e. The second-order valence-corrected chi connectivity index (χ2v) is 9.78. The van der Waals surface area contributed by atoms with Crippen LogP contribution in [0.15, 0.2) is 47.8 Å². The number of halogens is 9. The lowest BCUT2D eigenvalue weighted by Crippen LogP contribution is -2.11. The highest BCUT2D eigenvalue weighted by atomic mass is 32.2. The first-order valence-electron chi connectivity index (χ1n) is 11.3. The molecule has 0 aliphatic rings. The summed E-state index contributed by atoms with van der Waals surface area (Å²) in [5.41, 5.74) is -4.28. The molecule has 0 fully saturated rings. The molecule has 0 amide bonds. The van der Waals surface area contributed by atoms with Crippen molar-refractivity contribution < 1.29 is 39.5 Å². The van der Waals surface area contributed by atoms with Gasteiger partial charge in [-0.15, -0.1) is 11.8 Å². The van der Waals surface area contributed by atoms with E-state index in [4.69, 9.17) is 0 Å². The molecule has 5 rings (SSSR count). The van der Waals surface area contributed by atoms with Gasteiger partial charge in [0, 0.05) is 25.0 Å². The predicted octanol–water partition coefficient (Wildman–Crippen LogP) is 7.51. The summed E-state index contributed by atoms with van der Waals surface area (Å²) in [7, 11) is 1.50. The minimum absolute atomic E-state index is 0.0221. The fourth-order valence-corrected chi connectivity index (χ4v) is 4.88. The second-order valence-electron chi connectivity index (χ2n) is 8.53. The first kappa shape index (κ1) is 27.7. The van der Waals surface area contributed by atoms with E-state index < -0.39 is 40.8 Å². The maximum absolute atomic E-state index is 13.5. The van der Waals surface area contributed by atoms with Crippen LogP contribution in [0.5, 0.6) is 0 Å². The molecule has 0 unspecified atom stereocenters. The molecule has 16 heteroatoms. The van der Waals surface area contributed by atoms with E-state index >= 15 is 0 Å². The molecular weight excluding hydrogens is 575 g/mol. The Kier molecular flexibility index (Phi) is 6.51. The van der Waals surface area contributed by atoms with Gasteiger partial charge in [-0.25, -0.2) is 19.5 Å². The molecule has 1 aromatic carbocycles. The lowest BCUT2D eigenvalue weighted by atomic mass is 10.0. The van der Waals surface area contributed by atoms with E-state index in [0.717, 1.165) is 10.6 Å². The zero-order valence-electron chi connectivity index (χ0n) is 20.2. The summed E-state index contributed by atoms with van der Waals surface area (Å²) >= 11 is 1.18. The van der Waals surface area contributed by atoms with E-state index in [2.05, 4.69) is 20.1 Å². The van der Waals surface area contributed by atoms with Crippen molar-refractivity contribution in [1.29, 1.82) is 0 Å². The molecule has 0 N–H and O–H groups in total. The second kappa shape index (κ2) is 9.38. The molecule has 0 aliphatic heterocycles. The number of fused-ring (bicyclic) bond motifs is 2. The maximum Gasteiger partial charge on any atom is 0.417 e. The van der Waals surface area contributed by atoms with Crippen LogP contribution in [-0.2, 0) is 25.6 Å². The number of benzene rings is 1. The Morgan fingerprint density at radius 2 is 1.43 bits per heavy atom. The molecule has 210 valence electrons. The highest BCUT2D eigenvalue weighted by Gasteiger charge is 2.37. The lowest BCUT2D eigenvalue weighted by Gasteiger charge is -2.14. The third-order valence-corrected chi connectivity index (χ3v) is 6.76. The van der Waals surface area contributed by atoms with Gasteiger partial charge in [0.2, 0.25) is 0 Å².